The van der Waals surface area contributed by atoms with E-state index in [0.717, 1.165) is 11.6 Å². The Balaban J connectivity index is 1.91. The van der Waals surface area contributed by atoms with Crippen LogP contribution >= 0.6 is 0 Å². The summed E-state index contributed by atoms with van der Waals surface area (Å²) in [6, 6.07) is 12.2. The van der Waals surface area contributed by atoms with Crippen molar-refractivity contribution in [3.05, 3.63) is 64.2 Å². The molecule has 12 heteroatoms. The van der Waals surface area contributed by atoms with Gasteiger partial charge in [0.1, 0.15) is 12.2 Å². The van der Waals surface area contributed by atoms with Gasteiger partial charge in [-0.3, -0.25) is 19.7 Å². The van der Waals surface area contributed by atoms with Gasteiger partial charge in [-0.2, -0.15) is 4.72 Å². The summed E-state index contributed by atoms with van der Waals surface area (Å²) in [5.74, 6) is -1.53. The fraction of sp³-hybridized carbons (Fsp3) is 0.300. The fourth-order valence-electron chi connectivity index (χ4n) is 2.74. The van der Waals surface area contributed by atoms with Gasteiger partial charge >= 0.3 is 5.97 Å². The Labute approximate surface area is 185 Å². The van der Waals surface area contributed by atoms with Crippen LogP contribution in [0.2, 0.25) is 0 Å². The van der Waals surface area contributed by atoms with Crippen LogP contribution in [0.4, 0.5) is 11.4 Å². The standard InChI is InChI=1S/C20H24N4O7S/c1-14(15-7-5-4-6-8-15)22-19(25)13-31-20(26)12-21-32(29,30)16-9-10-17(23(2)3)18(11-16)24(27)28/h4-11,14,21H,12-13H2,1-3H3,(H,22,25)/t14-/m1/s1. The molecule has 0 saturated carbocycles. The van der Waals surface area contributed by atoms with Crippen molar-refractivity contribution in [2.45, 2.75) is 17.9 Å². The second-order valence-electron chi connectivity index (χ2n) is 6.99. The number of ether oxygens (including phenoxy) is 1. The first-order valence-electron chi connectivity index (χ1n) is 9.46. The molecule has 1 amide bonds. The smallest absolute Gasteiger partial charge is 0.321 e. The van der Waals surface area contributed by atoms with E-state index in [1.165, 1.54) is 17.0 Å². The van der Waals surface area contributed by atoms with Crippen LogP contribution in [0.1, 0.15) is 18.5 Å². The molecule has 0 radical (unpaired) electrons. The molecule has 0 heterocycles. The maximum atomic E-state index is 12.4. The maximum absolute atomic E-state index is 12.4. The van der Waals surface area contributed by atoms with E-state index in [9.17, 15) is 28.1 Å². The van der Waals surface area contributed by atoms with E-state index in [0.29, 0.717) is 0 Å². The minimum atomic E-state index is -4.22. The number of sulfonamides is 1. The third-order valence-electron chi connectivity index (χ3n) is 4.38. The van der Waals surface area contributed by atoms with Gasteiger partial charge in [-0.15, -0.1) is 0 Å². The Morgan fingerprint density at radius 1 is 1.16 bits per heavy atom. The highest BCUT2D eigenvalue weighted by atomic mass is 32.2. The van der Waals surface area contributed by atoms with E-state index in [2.05, 4.69) is 5.32 Å². The molecule has 0 saturated heterocycles. The SMILES string of the molecule is C[C@@H](NC(=O)COC(=O)CNS(=O)(=O)c1ccc(N(C)C)c([N+](=O)[O-])c1)c1ccccc1. The molecule has 0 aromatic heterocycles. The van der Waals surface area contributed by atoms with Gasteiger partial charge in [0.25, 0.3) is 11.6 Å². The maximum Gasteiger partial charge on any atom is 0.321 e. The molecule has 172 valence electrons. The number of carbonyl (C=O) groups is 2. The van der Waals surface area contributed by atoms with E-state index in [1.807, 2.05) is 35.1 Å². The molecule has 2 N–H and O–H groups in total. The largest absolute Gasteiger partial charge is 0.455 e. The number of hydrogen-bond donors (Lipinski definition) is 2. The number of esters is 1. The zero-order valence-corrected chi connectivity index (χ0v) is 18.6. The highest BCUT2D eigenvalue weighted by Crippen LogP contribution is 2.29. The Morgan fingerprint density at radius 3 is 2.41 bits per heavy atom. The van der Waals surface area contributed by atoms with Crippen LogP contribution in [0, 0.1) is 10.1 Å². The summed E-state index contributed by atoms with van der Waals surface area (Å²) in [6.07, 6.45) is 0. The molecule has 0 aliphatic carbocycles. The van der Waals surface area contributed by atoms with E-state index in [1.54, 1.807) is 21.0 Å². The number of carbonyl (C=O) groups excluding carboxylic acids is 2. The number of nitrogens with one attached hydrogen (secondary N) is 2. The highest BCUT2D eigenvalue weighted by molar-refractivity contribution is 7.89. The lowest BCUT2D eigenvalue weighted by molar-refractivity contribution is -0.384. The molecule has 0 spiro atoms. The van der Waals surface area contributed by atoms with Crippen molar-refractivity contribution in [2.24, 2.45) is 0 Å². The summed E-state index contributed by atoms with van der Waals surface area (Å²) in [7, 11) is -1.05. The number of benzene rings is 2. The first-order valence-corrected chi connectivity index (χ1v) is 10.9. The second-order valence-corrected chi connectivity index (χ2v) is 8.75. The summed E-state index contributed by atoms with van der Waals surface area (Å²) in [4.78, 5) is 35.4. The quantitative estimate of drug-likeness (QED) is 0.304. The number of rotatable bonds is 10. The Bertz CT molecular complexity index is 1090. The second kappa shape index (κ2) is 10.7. The molecule has 0 bridgehead atoms. The minimum Gasteiger partial charge on any atom is -0.455 e. The van der Waals surface area contributed by atoms with Crippen LogP contribution in [-0.2, 0) is 24.3 Å². The normalized spacial score (nSPS) is 12.0. The fourth-order valence-corrected chi connectivity index (χ4v) is 3.73. The van der Waals surface area contributed by atoms with Gasteiger partial charge < -0.3 is 15.0 Å². The van der Waals surface area contributed by atoms with Gasteiger partial charge in [-0.05, 0) is 24.6 Å². The third kappa shape index (κ3) is 6.75. The number of nitro groups is 1. The number of nitro benzene ring substituents is 1. The average Bonchev–Trinajstić information content (AvgIpc) is 2.76. The third-order valence-corrected chi connectivity index (χ3v) is 5.78. The molecule has 0 unspecified atom stereocenters. The van der Waals surface area contributed by atoms with Gasteiger partial charge in [0.15, 0.2) is 6.61 Å². The van der Waals surface area contributed by atoms with E-state index >= 15 is 0 Å². The Kier molecular flexibility index (Phi) is 8.27. The number of nitrogens with zero attached hydrogens (tertiary/aromatic N) is 2. The molecule has 0 fully saturated rings. The molecule has 1 atom stereocenters. The van der Waals surface area contributed by atoms with Crippen molar-refractivity contribution in [3.63, 3.8) is 0 Å². The predicted molar refractivity (Wildman–Crippen MR) is 117 cm³/mol. The van der Waals surface area contributed by atoms with E-state index in [4.69, 9.17) is 4.74 Å². The Hall–Kier alpha value is -3.51. The van der Waals surface area contributed by atoms with E-state index in [-0.39, 0.29) is 16.6 Å². The van der Waals surface area contributed by atoms with Crippen molar-refractivity contribution in [3.8, 4) is 0 Å². The number of hydrogen-bond acceptors (Lipinski definition) is 8. The average molecular weight is 465 g/mol. The van der Waals surface area contributed by atoms with Crippen LogP contribution in [0.15, 0.2) is 53.4 Å². The first-order chi connectivity index (χ1) is 15.0. The molecule has 2 aromatic carbocycles. The van der Waals surface area contributed by atoms with Gasteiger partial charge in [-0.1, -0.05) is 30.3 Å². The summed E-state index contributed by atoms with van der Waals surface area (Å²) >= 11 is 0. The van der Waals surface area contributed by atoms with Gasteiger partial charge in [0.2, 0.25) is 10.0 Å². The van der Waals surface area contributed by atoms with Crippen LogP contribution < -0.4 is 14.9 Å². The Morgan fingerprint density at radius 2 is 1.81 bits per heavy atom. The molecule has 11 nitrogen and oxygen atoms in total. The lowest BCUT2D eigenvalue weighted by Gasteiger charge is -2.14. The molecule has 32 heavy (non-hydrogen) atoms. The summed E-state index contributed by atoms with van der Waals surface area (Å²) in [5.41, 5.74) is 0.697. The predicted octanol–water partition coefficient (Wildman–Crippen LogP) is 1.36. The zero-order valence-electron chi connectivity index (χ0n) is 17.8. The van der Waals surface area contributed by atoms with Gasteiger partial charge in [-0.25, -0.2) is 8.42 Å². The molecular weight excluding hydrogens is 440 g/mol. The zero-order chi connectivity index (χ0) is 23.9. The van der Waals surface area contributed by atoms with Crippen molar-refractivity contribution in [2.75, 3.05) is 32.1 Å². The topological polar surface area (TPSA) is 148 Å². The summed E-state index contributed by atoms with van der Waals surface area (Å²) in [6.45, 7) is 0.442. The molecule has 0 aliphatic heterocycles. The van der Waals surface area contributed by atoms with Crippen molar-refractivity contribution in [1.82, 2.24) is 10.0 Å². The molecule has 2 aromatic rings. The van der Waals surface area contributed by atoms with Crippen LogP contribution in [0.25, 0.3) is 0 Å². The van der Waals surface area contributed by atoms with Gasteiger partial charge in [0.05, 0.1) is 15.9 Å². The van der Waals surface area contributed by atoms with Crippen LogP contribution in [-0.4, -0.2) is 52.5 Å². The first kappa shape index (κ1) is 24.8. The molecule has 0 aliphatic rings. The number of amides is 1. The van der Waals surface area contributed by atoms with Crippen molar-refractivity contribution < 1.29 is 27.7 Å². The summed E-state index contributed by atoms with van der Waals surface area (Å²) in [5, 5.41) is 13.9. The van der Waals surface area contributed by atoms with E-state index < -0.39 is 45.7 Å². The van der Waals surface area contributed by atoms with Crippen LogP contribution in [0.5, 0.6) is 0 Å². The van der Waals surface area contributed by atoms with Crippen molar-refractivity contribution >= 4 is 33.3 Å². The molecular formula is C20H24N4O7S. The lowest BCUT2D eigenvalue weighted by Crippen LogP contribution is -2.34. The highest BCUT2D eigenvalue weighted by Gasteiger charge is 2.23. The number of anilines is 1. The minimum absolute atomic E-state index is 0.226. The molecule has 2 rings (SSSR count). The summed E-state index contributed by atoms with van der Waals surface area (Å²) < 4.78 is 31.6. The van der Waals surface area contributed by atoms with Crippen molar-refractivity contribution in [1.29, 1.82) is 0 Å². The van der Waals surface area contributed by atoms with Crippen LogP contribution in [0.3, 0.4) is 0 Å². The monoisotopic (exact) mass is 464 g/mol. The lowest BCUT2D eigenvalue weighted by atomic mass is 10.1. The van der Waals surface area contributed by atoms with Gasteiger partial charge in [0, 0.05) is 20.2 Å².